The molecule has 4 rings (SSSR count). The fourth-order valence-corrected chi connectivity index (χ4v) is 4.33. The molecule has 1 saturated heterocycles. The summed E-state index contributed by atoms with van der Waals surface area (Å²) in [4.78, 5) is 27.2. The minimum atomic E-state index is -0.742. The van der Waals surface area contributed by atoms with Gasteiger partial charge in [0.05, 0.1) is 19.1 Å². The number of methoxy groups -OCH3 is 1. The Morgan fingerprint density at radius 1 is 1.30 bits per heavy atom. The maximum absolute atomic E-state index is 15.3. The van der Waals surface area contributed by atoms with E-state index in [1.54, 1.807) is 0 Å². The number of ether oxygens (including phenoxy) is 2. The minimum absolute atomic E-state index is 0.0332. The lowest BCUT2D eigenvalue weighted by atomic mass is 10.0. The van der Waals surface area contributed by atoms with Crippen LogP contribution in [-0.2, 0) is 4.74 Å². The topological polar surface area (TPSA) is 118 Å². The average molecular weight is 421 g/mol. The van der Waals surface area contributed by atoms with Gasteiger partial charge >= 0.3 is 5.69 Å². The Labute approximate surface area is 172 Å². The number of anilines is 1. The molecule has 2 heterocycles. The average Bonchev–Trinajstić information content (AvgIpc) is 3.45. The lowest BCUT2D eigenvalue weighted by Gasteiger charge is -2.25. The van der Waals surface area contributed by atoms with Gasteiger partial charge in [-0.05, 0) is 38.2 Å². The van der Waals surface area contributed by atoms with E-state index in [0.717, 1.165) is 25.3 Å². The van der Waals surface area contributed by atoms with Gasteiger partial charge in [-0.25, -0.2) is 9.18 Å². The first kappa shape index (κ1) is 20.7. The zero-order valence-corrected chi connectivity index (χ0v) is 17.3. The van der Waals surface area contributed by atoms with Crippen molar-refractivity contribution in [3.8, 4) is 5.75 Å². The second kappa shape index (κ2) is 7.92. The molecule has 1 saturated carbocycles. The molecular formula is C20H28FN5O4. The summed E-state index contributed by atoms with van der Waals surface area (Å²) in [5, 5.41) is 0.0332. The van der Waals surface area contributed by atoms with Crippen LogP contribution in [0.25, 0.3) is 10.9 Å². The first-order chi connectivity index (χ1) is 14.4. The van der Waals surface area contributed by atoms with Crippen molar-refractivity contribution in [2.24, 2.45) is 11.7 Å². The first-order valence-corrected chi connectivity index (χ1v) is 10.3. The van der Waals surface area contributed by atoms with Crippen molar-refractivity contribution in [2.45, 2.75) is 38.3 Å². The van der Waals surface area contributed by atoms with E-state index >= 15 is 4.39 Å². The van der Waals surface area contributed by atoms with Crippen LogP contribution in [0.3, 0.4) is 0 Å². The van der Waals surface area contributed by atoms with Gasteiger partial charge in [0, 0.05) is 31.8 Å². The Balaban J connectivity index is 1.83. The first-order valence-electron chi connectivity index (χ1n) is 10.3. The van der Waals surface area contributed by atoms with E-state index in [9.17, 15) is 9.59 Å². The number of benzene rings is 1. The van der Waals surface area contributed by atoms with E-state index in [1.165, 1.54) is 11.7 Å². The van der Waals surface area contributed by atoms with Gasteiger partial charge in [-0.15, -0.1) is 0 Å². The summed E-state index contributed by atoms with van der Waals surface area (Å²) in [6, 6.07) is 0.928. The molecule has 10 heteroatoms. The highest BCUT2D eigenvalue weighted by atomic mass is 19.1. The molecule has 2 fully saturated rings. The molecule has 0 spiro atoms. The van der Waals surface area contributed by atoms with Gasteiger partial charge in [0.15, 0.2) is 11.6 Å². The third kappa shape index (κ3) is 3.33. The minimum Gasteiger partial charge on any atom is -0.492 e. The molecule has 164 valence electrons. The number of halogens is 1. The van der Waals surface area contributed by atoms with Gasteiger partial charge in [-0.1, -0.05) is 0 Å². The predicted molar refractivity (Wildman–Crippen MR) is 112 cm³/mol. The van der Waals surface area contributed by atoms with E-state index in [0.29, 0.717) is 36.5 Å². The summed E-state index contributed by atoms with van der Waals surface area (Å²) in [7, 11) is 1.42. The highest BCUT2D eigenvalue weighted by molar-refractivity contribution is 5.91. The number of rotatable bonds is 7. The van der Waals surface area contributed by atoms with Gasteiger partial charge in [-0.2, -0.15) is 4.68 Å². The number of fused-ring (bicyclic) bond motifs is 1. The molecule has 9 nitrogen and oxygen atoms in total. The third-order valence-electron chi connectivity index (χ3n) is 6.06. The highest BCUT2D eigenvalue weighted by Gasteiger charge is 2.35. The summed E-state index contributed by atoms with van der Waals surface area (Å²) < 4.78 is 28.3. The molecule has 0 bridgehead atoms. The van der Waals surface area contributed by atoms with Crippen LogP contribution in [-0.4, -0.2) is 48.7 Å². The van der Waals surface area contributed by atoms with Crippen LogP contribution in [0.2, 0.25) is 0 Å². The van der Waals surface area contributed by atoms with Gasteiger partial charge in [0.1, 0.15) is 11.2 Å². The number of nitrogen functional groups attached to an aromatic ring is 1. The van der Waals surface area contributed by atoms with Crippen molar-refractivity contribution in [3.63, 3.8) is 0 Å². The summed E-state index contributed by atoms with van der Waals surface area (Å²) >= 11 is 0. The van der Waals surface area contributed by atoms with Crippen LogP contribution < -0.4 is 32.5 Å². The molecule has 1 aromatic carbocycles. The second-order valence-corrected chi connectivity index (χ2v) is 8.01. The lowest BCUT2D eigenvalue weighted by Crippen LogP contribution is -2.44. The molecule has 0 unspecified atom stereocenters. The molecule has 0 radical (unpaired) electrons. The molecule has 4 N–H and O–H groups in total. The van der Waals surface area contributed by atoms with Gasteiger partial charge in [0.2, 0.25) is 0 Å². The molecule has 2 atom stereocenters. The smallest absolute Gasteiger partial charge is 0.350 e. The normalized spacial score (nSPS) is 20.1. The highest BCUT2D eigenvalue weighted by Crippen LogP contribution is 2.43. The molecule has 2 aromatic rings. The van der Waals surface area contributed by atoms with Crippen molar-refractivity contribution < 1.29 is 13.9 Å². The van der Waals surface area contributed by atoms with E-state index in [1.807, 2.05) is 11.8 Å². The van der Waals surface area contributed by atoms with Crippen molar-refractivity contribution in [3.05, 3.63) is 32.7 Å². The maximum Gasteiger partial charge on any atom is 0.350 e. The quantitative estimate of drug-likeness (QED) is 0.627. The molecule has 30 heavy (non-hydrogen) atoms. The Kier molecular flexibility index (Phi) is 5.46. The lowest BCUT2D eigenvalue weighted by molar-refractivity contribution is 0.119. The van der Waals surface area contributed by atoms with Crippen molar-refractivity contribution in [1.82, 2.24) is 9.24 Å². The second-order valence-electron chi connectivity index (χ2n) is 8.01. The van der Waals surface area contributed by atoms with Gasteiger partial charge < -0.3 is 25.9 Å². The van der Waals surface area contributed by atoms with E-state index in [-0.39, 0.29) is 34.8 Å². The number of nitrogens with zero attached hydrogens (tertiary/aromatic N) is 3. The van der Waals surface area contributed by atoms with Crippen LogP contribution in [0.4, 0.5) is 10.1 Å². The van der Waals surface area contributed by atoms with Crippen molar-refractivity contribution in [2.75, 3.05) is 44.2 Å². The standard InChI is InChI=1S/C20H28FN5O4/c1-3-30-10-15(22)11-6-7-24(9-11)17-14(21)8-13-16(18(17)29-2)25(12-4-5-12)20(28)26(23)19(13)27/h8,11-12,15H,3-7,9-10,22-23H2,1-2H3/t11-,15-/m0/s1. The Hall–Kier alpha value is -2.59. The van der Waals surface area contributed by atoms with Crippen LogP contribution in [0.15, 0.2) is 15.7 Å². The molecular weight excluding hydrogens is 393 g/mol. The number of hydrogen-bond donors (Lipinski definition) is 2. The number of nitrogens with two attached hydrogens (primary N) is 2. The summed E-state index contributed by atoms with van der Waals surface area (Å²) in [6.45, 7) is 4.08. The van der Waals surface area contributed by atoms with Crippen molar-refractivity contribution >= 4 is 16.6 Å². The Morgan fingerprint density at radius 2 is 2.03 bits per heavy atom. The Bertz CT molecular complexity index is 1080. The Morgan fingerprint density at radius 3 is 2.67 bits per heavy atom. The summed E-state index contributed by atoms with van der Waals surface area (Å²) in [6.07, 6.45) is 2.37. The largest absolute Gasteiger partial charge is 0.492 e. The van der Waals surface area contributed by atoms with Crippen LogP contribution in [0.1, 0.15) is 32.2 Å². The SMILES string of the molecule is CCOC[C@H](N)[C@H]1CCN(c2c(F)cc3c(=O)n(N)c(=O)n(C4CC4)c3c2OC)C1. The number of aromatic nitrogens is 2. The monoisotopic (exact) mass is 421 g/mol. The zero-order valence-electron chi connectivity index (χ0n) is 17.3. The molecule has 1 aliphatic heterocycles. The fraction of sp³-hybridized carbons (Fsp3) is 0.600. The third-order valence-corrected chi connectivity index (χ3v) is 6.06. The maximum atomic E-state index is 15.3. The summed E-state index contributed by atoms with van der Waals surface area (Å²) in [5.41, 5.74) is 5.44. The van der Waals surface area contributed by atoms with Crippen LogP contribution in [0, 0.1) is 11.7 Å². The van der Waals surface area contributed by atoms with Crippen LogP contribution >= 0.6 is 0 Å². The van der Waals surface area contributed by atoms with Gasteiger partial charge in [-0.3, -0.25) is 9.36 Å². The van der Waals surface area contributed by atoms with E-state index in [2.05, 4.69) is 0 Å². The molecule has 0 amide bonds. The summed E-state index contributed by atoms with van der Waals surface area (Å²) in [5.74, 6) is 5.42. The van der Waals surface area contributed by atoms with E-state index < -0.39 is 17.1 Å². The van der Waals surface area contributed by atoms with E-state index in [4.69, 9.17) is 21.1 Å². The molecule has 2 aliphatic rings. The zero-order chi connectivity index (χ0) is 21.6. The molecule has 1 aromatic heterocycles. The van der Waals surface area contributed by atoms with Crippen molar-refractivity contribution in [1.29, 1.82) is 0 Å². The van der Waals surface area contributed by atoms with Gasteiger partial charge in [0.25, 0.3) is 5.56 Å². The molecule has 1 aliphatic carbocycles. The van der Waals surface area contributed by atoms with Crippen LogP contribution in [0.5, 0.6) is 5.75 Å². The fourth-order valence-electron chi connectivity index (χ4n) is 4.33. The predicted octanol–water partition coefficient (Wildman–Crippen LogP) is 0.550. The number of hydrogen-bond acceptors (Lipinski definition) is 7.